The van der Waals surface area contributed by atoms with E-state index >= 15 is 0 Å². The van der Waals surface area contributed by atoms with E-state index in [1.807, 2.05) is 6.92 Å². The molecule has 4 nitrogen and oxygen atoms in total. The van der Waals surface area contributed by atoms with Crippen molar-refractivity contribution in [3.63, 3.8) is 0 Å². The van der Waals surface area contributed by atoms with Crippen LogP contribution in [-0.4, -0.2) is 11.8 Å². The van der Waals surface area contributed by atoms with E-state index in [0.717, 1.165) is 0 Å². The second-order valence-electron chi connectivity index (χ2n) is 3.08. The topological polar surface area (TPSA) is 44.8 Å². The molecule has 0 aromatic heterocycles. The van der Waals surface area contributed by atoms with E-state index in [1.165, 1.54) is 12.1 Å². The molecular formula is C11H9ClO4. The Morgan fingerprint density at radius 2 is 2.25 bits per heavy atom. The normalized spacial score (nSPS) is 12.8. The Kier molecular flexibility index (Phi) is 2.75. The number of rotatable bonds is 3. The third-order valence-electron chi connectivity index (χ3n) is 1.99. The summed E-state index contributed by atoms with van der Waals surface area (Å²) in [5.41, 5.74) is 0.294. The second-order valence-corrected chi connectivity index (χ2v) is 3.43. The molecule has 16 heavy (non-hydrogen) atoms. The van der Waals surface area contributed by atoms with E-state index in [0.29, 0.717) is 29.4 Å². The van der Waals surface area contributed by atoms with Crippen LogP contribution < -0.4 is 14.2 Å². The van der Waals surface area contributed by atoms with Crippen LogP contribution in [0.1, 0.15) is 17.3 Å². The van der Waals surface area contributed by atoms with Crippen LogP contribution in [0.15, 0.2) is 24.7 Å². The lowest BCUT2D eigenvalue weighted by atomic mass is 10.2. The number of benzene rings is 1. The van der Waals surface area contributed by atoms with Crippen LogP contribution in [0.25, 0.3) is 0 Å². The van der Waals surface area contributed by atoms with E-state index in [1.54, 1.807) is 0 Å². The molecule has 1 heterocycles. The van der Waals surface area contributed by atoms with E-state index in [2.05, 4.69) is 6.58 Å². The average molecular weight is 241 g/mol. The van der Waals surface area contributed by atoms with Gasteiger partial charge in [-0.1, -0.05) is 0 Å². The molecule has 2 rings (SSSR count). The van der Waals surface area contributed by atoms with Gasteiger partial charge in [0.05, 0.1) is 6.61 Å². The fourth-order valence-corrected chi connectivity index (χ4v) is 1.50. The lowest BCUT2D eigenvalue weighted by molar-refractivity contribution is 0.108. The van der Waals surface area contributed by atoms with Gasteiger partial charge in [-0.3, -0.25) is 4.79 Å². The zero-order chi connectivity index (χ0) is 11.7. The molecule has 0 saturated carbocycles. The number of halogens is 1. The first kappa shape index (κ1) is 10.8. The van der Waals surface area contributed by atoms with Crippen LogP contribution in [0.3, 0.4) is 0 Å². The molecule has 1 aromatic rings. The van der Waals surface area contributed by atoms with E-state index in [-0.39, 0.29) is 5.95 Å². The highest BCUT2D eigenvalue weighted by Crippen LogP contribution is 2.44. The fourth-order valence-electron chi connectivity index (χ4n) is 1.39. The fraction of sp³-hybridized carbons (Fsp3) is 0.182. The number of hydrogen-bond donors (Lipinski definition) is 0. The molecule has 5 heteroatoms. The highest BCUT2D eigenvalue weighted by molar-refractivity contribution is 6.67. The number of hydrogen-bond acceptors (Lipinski definition) is 4. The van der Waals surface area contributed by atoms with Gasteiger partial charge in [0.15, 0.2) is 11.5 Å². The third kappa shape index (κ3) is 1.84. The van der Waals surface area contributed by atoms with Crippen LogP contribution in [0.5, 0.6) is 17.2 Å². The Balaban J connectivity index is 2.51. The predicted molar refractivity (Wildman–Crippen MR) is 58.2 cm³/mol. The Bertz CT molecular complexity index is 467. The molecule has 84 valence electrons. The summed E-state index contributed by atoms with van der Waals surface area (Å²) in [6.07, 6.45) is 0. The first-order valence-corrected chi connectivity index (χ1v) is 5.05. The minimum Gasteiger partial charge on any atom is -0.490 e. The van der Waals surface area contributed by atoms with E-state index in [9.17, 15) is 4.79 Å². The Morgan fingerprint density at radius 3 is 2.88 bits per heavy atom. The van der Waals surface area contributed by atoms with Crippen LogP contribution in [-0.2, 0) is 0 Å². The van der Waals surface area contributed by atoms with Gasteiger partial charge < -0.3 is 14.2 Å². The minimum absolute atomic E-state index is 0.148. The maximum atomic E-state index is 11.1. The van der Waals surface area contributed by atoms with Crippen LogP contribution >= 0.6 is 11.6 Å². The van der Waals surface area contributed by atoms with Gasteiger partial charge >= 0.3 is 0 Å². The molecule has 1 aliphatic rings. The minimum atomic E-state index is -0.579. The first-order valence-electron chi connectivity index (χ1n) is 4.67. The highest BCUT2D eigenvalue weighted by Gasteiger charge is 2.24. The zero-order valence-corrected chi connectivity index (χ0v) is 9.34. The number of carbonyl (C=O) groups excluding carboxylic acids is 1. The summed E-state index contributed by atoms with van der Waals surface area (Å²) in [5, 5.41) is -0.579. The van der Waals surface area contributed by atoms with Gasteiger partial charge in [0.1, 0.15) is 0 Å². The van der Waals surface area contributed by atoms with E-state index in [4.69, 9.17) is 25.8 Å². The first-order chi connectivity index (χ1) is 7.61. The molecular weight excluding hydrogens is 232 g/mol. The van der Waals surface area contributed by atoms with Crippen molar-refractivity contribution in [1.82, 2.24) is 0 Å². The Labute approximate surface area is 97.4 Å². The van der Waals surface area contributed by atoms with E-state index < -0.39 is 5.24 Å². The molecule has 0 unspecified atom stereocenters. The van der Waals surface area contributed by atoms with Gasteiger partial charge in [-0.25, -0.2) is 0 Å². The quantitative estimate of drug-likeness (QED) is 0.762. The summed E-state index contributed by atoms with van der Waals surface area (Å²) in [4.78, 5) is 11.1. The van der Waals surface area contributed by atoms with Gasteiger partial charge in [-0.15, -0.1) is 0 Å². The van der Waals surface area contributed by atoms with Gasteiger partial charge in [0.2, 0.25) is 5.75 Å². The SMILES string of the molecule is C=C1Oc2cc(C(=O)Cl)cc(OCC)c2O1. The number of fused-ring (bicyclic) bond motifs is 1. The Morgan fingerprint density at radius 1 is 1.50 bits per heavy atom. The predicted octanol–water partition coefficient (Wildman–Crippen LogP) is 2.71. The smallest absolute Gasteiger partial charge is 0.283 e. The summed E-state index contributed by atoms with van der Waals surface area (Å²) < 4.78 is 15.7. The van der Waals surface area contributed by atoms with Crippen LogP contribution in [0.2, 0.25) is 0 Å². The highest BCUT2D eigenvalue weighted by atomic mass is 35.5. The van der Waals surface area contributed by atoms with Crippen molar-refractivity contribution in [2.24, 2.45) is 0 Å². The molecule has 0 aliphatic carbocycles. The standard InChI is InChI=1S/C11H9ClO4/c1-3-14-8-4-7(11(12)13)5-9-10(8)16-6(2)15-9/h4-5H,2-3H2,1H3. The number of ether oxygens (including phenoxy) is 3. The summed E-state index contributed by atoms with van der Waals surface area (Å²) in [6.45, 7) is 5.80. The maximum Gasteiger partial charge on any atom is 0.283 e. The molecule has 0 atom stereocenters. The molecule has 1 aliphatic heterocycles. The third-order valence-corrected chi connectivity index (χ3v) is 2.21. The van der Waals surface area contributed by atoms with Crippen molar-refractivity contribution >= 4 is 16.8 Å². The summed E-state index contributed by atoms with van der Waals surface area (Å²) in [5.74, 6) is 1.38. The van der Waals surface area contributed by atoms with Crippen LogP contribution in [0, 0.1) is 0 Å². The molecule has 0 spiro atoms. The largest absolute Gasteiger partial charge is 0.490 e. The van der Waals surface area contributed by atoms with Crippen molar-refractivity contribution in [2.75, 3.05) is 6.61 Å². The lowest BCUT2D eigenvalue weighted by Crippen LogP contribution is -1.96. The van der Waals surface area contributed by atoms with Gasteiger partial charge in [0.25, 0.3) is 11.2 Å². The summed E-state index contributed by atoms with van der Waals surface area (Å²) in [7, 11) is 0. The Hall–Kier alpha value is -1.68. The molecule has 0 radical (unpaired) electrons. The molecule has 0 amide bonds. The molecule has 1 aromatic carbocycles. The average Bonchev–Trinajstić information content (AvgIpc) is 2.58. The lowest BCUT2D eigenvalue weighted by Gasteiger charge is -2.07. The van der Waals surface area contributed by atoms with Gasteiger partial charge in [-0.05, 0) is 37.2 Å². The van der Waals surface area contributed by atoms with Crippen molar-refractivity contribution in [1.29, 1.82) is 0 Å². The second kappa shape index (κ2) is 4.06. The van der Waals surface area contributed by atoms with Gasteiger partial charge in [-0.2, -0.15) is 0 Å². The molecule has 0 bridgehead atoms. The van der Waals surface area contributed by atoms with Crippen molar-refractivity contribution in [2.45, 2.75) is 6.92 Å². The van der Waals surface area contributed by atoms with Crippen molar-refractivity contribution in [3.05, 3.63) is 30.2 Å². The molecule has 0 N–H and O–H groups in total. The van der Waals surface area contributed by atoms with Crippen molar-refractivity contribution < 1.29 is 19.0 Å². The molecule has 0 fully saturated rings. The molecule has 0 saturated heterocycles. The van der Waals surface area contributed by atoms with Crippen molar-refractivity contribution in [3.8, 4) is 17.2 Å². The van der Waals surface area contributed by atoms with Crippen LogP contribution in [0.4, 0.5) is 0 Å². The number of carbonyl (C=O) groups is 1. The summed E-state index contributed by atoms with van der Waals surface area (Å²) in [6, 6.07) is 3.00. The van der Waals surface area contributed by atoms with Gasteiger partial charge in [0, 0.05) is 5.56 Å². The summed E-state index contributed by atoms with van der Waals surface area (Å²) >= 11 is 5.40. The maximum absolute atomic E-state index is 11.1. The monoisotopic (exact) mass is 240 g/mol. The zero-order valence-electron chi connectivity index (χ0n) is 8.58.